The Balaban J connectivity index is 2.60. The van der Waals surface area contributed by atoms with Crippen molar-refractivity contribution in [1.29, 1.82) is 0 Å². The van der Waals surface area contributed by atoms with Gasteiger partial charge in [0.15, 0.2) is 11.5 Å². The Kier molecular flexibility index (Phi) is 6.27. The van der Waals surface area contributed by atoms with E-state index in [1.54, 1.807) is 0 Å². The van der Waals surface area contributed by atoms with Crippen LogP contribution in [0.5, 0.6) is 11.5 Å². The van der Waals surface area contributed by atoms with Gasteiger partial charge in [0.2, 0.25) is 5.91 Å². The number of benzene rings is 2. The lowest BCUT2D eigenvalue weighted by Gasteiger charge is -2.26. The van der Waals surface area contributed by atoms with E-state index in [1.165, 1.54) is 69.6 Å². The van der Waals surface area contributed by atoms with E-state index in [0.717, 1.165) is 10.4 Å². The lowest BCUT2D eigenvalue weighted by Crippen LogP contribution is -2.40. The quantitative estimate of drug-likeness (QED) is 0.717. The van der Waals surface area contributed by atoms with Gasteiger partial charge in [-0.05, 0) is 24.3 Å². The maximum absolute atomic E-state index is 14.3. The summed E-state index contributed by atoms with van der Waals surface area (Å²) in [6.45, 7) is -0.551. The first-order chi connectivity index (χ1) is 12.7. The highest BCUT2D eigenvalue weighted by Crippen LogP contribution is 2.32. The van der Waals surface area contributed by atoms with Crippen molar-refractivity contribution < 1.29 is 27.1 Å². The normalized spacial score (nSPS) is 11.0. The SMILES string of the molecule is COc1ccc(S(=O)(=O)N(CC(=O)N(C)C)c2ccccc2F)cc1OC. The van der Waals surface area contributed by atoms with Gasteiger partial charge in [-0.2, -0.15) is 0 Å². The van der Waals surface area contributed by atoms with Gasteiger partial charge in [0, 0.05) is 20.2 Å². The predicted octanol–water partition coefficient (Wildman–Crippen LogP) is 2.13. The summed E-state index contributed by atoms with van der Waals surface area (Å²) in [6, 6.07) is 9.37. The Morgan fingerprint density at radius 3 is 2.22 bits per heavy atom. The number of anilines is 1. The highest BCUT2D eigenvalue weighted by atomic mass is 32.2. The molecule has 0 atom stereocenters. The second-order valence-electron chi connectivity index (χ2n) is 5.77. The summed E-state index contributed by atoms with van der Waals surface area (Å²) in [5.74, 6) is -0.709. The molecule has 2 aromatic rings. The van der Waals surface area contributed by atoms with Crippen LogP contribution in [-0.2, 0) is 14.8 Å². The number of likely N-dealkylation sites (N-methyl/N-ethyl adjacent to an activating group) is 1. The highest BCUT2D eigenvalue weighted by molar-refractivity contribution is 7.92. The number of carbonyl (C=O) groups excluding carboxylic acids is 1. The molecule has 1 amide bonds. The van der Waals surface area contributed by atoms with Crippen molar-refractivity contribution in [3.63, 3.8) is 0 Å². The second kappa shape index (κ2) is 8.26. The molecule has 2 rings (SSSR count). The number of ether oxygens (including phenoxy) is 2. The number of sulfonamides is 1. The number of rotatable bonds is 7. The molecule has 0 bridgehead atoms. The van der Waals surface area contributed by atoms with Crippen LogP contribution in [0.1, 0.15) is 0 Å². The minimum Gasteiger partial charge on any atom is -0.493 e. The summed E-state index contributed by atoms with van der Waals surface area (Å²) in [5.41, 5.74) is -0.220. The summed E-state index contributed by atoms with van der Waals surface area (Å²) in [4.78, 5) is 13.3. The molecule has 9 heteroatoms. The Labute approximate surface area is 158 Å². The number of halogens is 1. The maximum atomic E-state index is 14.3. The minimum atomic E-state index is -4.25. The van der Waals surface area contributed by atoms with Crippen LogP contribution in [0.3, 0.4) is 0 Å². The van der Waals surface area contributed by atoms with Gasteiger partial charge in [-0.1, -0.05) is 12.1 Å². The summed E-state index contributed by atoms with van der Waals surface area (Å²) in [7, 11) is 1.53. The molecule has 27 heavy (non-hydrogen) atoms. The molecule has 0 saturated carbocycles. The smallest absolute Gasteiger partial charge is 0.265 e. The first-order valence-electron chi connectivity index (χ1n) is 7.91. The Hall–Kier alpha value is -2.81. The van der Waals surface area contributed by atoms with E-state index in [9.17, 15) is 17.6 Å². The van der Waals surface area contributed by atoms with E-state index in [0.29, 0.717) is 5.75 Å². The van der Waals surface area contributed by atoms with Gasteiger partial charge >= 0.3 is 0 Å². The van der Waals surface area contributed by atoms with Crippen LogP contribution in [0.2, 0.25) is 0 Å². The van der Waals surface area contributed by atoms with Gasteiger partial charge in [0.25, 0.3) is 10.0 Å². The maximum Gasteiger partial charge on any atom is 0.265 e. The Bertz CT molecular complexity index is 931. The lowest BCUT2D eigenvalue weighted by atomic mass is 10.3. The third-order valence-corrected chi connectivity index (χ3v) is 5.60. The van der Waals surface area contributed by atoms with E-state index < -0.39 is 28.3 Å². The Morgan fingerprint density at radius 1 is 1.04 bits per heavy atom. The van der Waals surface area contributed by atoms with Crippen LogP contribution >= 0.6 is 0 Å². The fraction of sp³-hybridized carbons (Fsp3) is 0.278. The van der Waals surface area contributed by atoms with Gasteiger partial charge in [0.1, 0.15) is 12.4 Å². The molecule has 2 aromatic carbocycles. The lowest BCUT2D eigenvalue weighted by molar-refractivity contribution is -0.127. The van der Waals surface area contributed by atoms with Crippen molar-refractivity contribution in [2.75, 3.05) is 39.2 Å². The average Bonchev–Trinajstić information content (AvgIpc) is 2.65. The molecular formula is C18H21FN2O5S. The van der Waals surface area contributed by atoms with Crippen molar-refractivity contribution in [1.82, 2.24) is 4.90 Å². The number of hydrogen-bond donors (Lipinski definition) is 0. The van der Waals surface area contributed by atoms with Crippen molar-refractivity contribution in [2.45, 2.75) is 4.90 Å². The van der Waals surface area contributed by atoms with E-state index in [2.05, 4.69) is 0 Å². The van der Waals surface area contributed by atoms with Crippen molar-refractivity contribution in [3.8, 4) is 11.5 Å². The van der Waals surface area contributed by atoms with E-state index in [1.807, 2.05) is 0 Å². The third kappa shape index (κ3) is 4.30. The summed E-state index contributed by atoms with van der Waals surface area (Å²) >= 11 is 0. The van der Waals surface area contributed by atoms with Gasteiger partial charge in [-0.25, -0.2) is 12.8 Å². The van der Waals surface area contributed by atoms with Crippen LogP contribution in [0.15, 0.2) is 47.4 Å². The standard InChI is InChI=1S/C18H21FN2O5S/c1-20(2)18(22)12-21(15-8-6-5-7-14(15)19)27(23,24)13-9-10-16(25-3)17(11-13)26-4/h5-11H,12H2,1-4H3. The van der Waals surface area contributed by atoms with E-state index in [4.69, 9.17) is 9.47 Å². The zero-order valence-corrected chi connectivity index (χ0v) is 16.3. The van der Waals surface area contributed by atoms with Crippen LogP contribution in [0.25, 0.3) is 0 Å². The average molecular weight is 396 g/mol. The third-order valence-electron chi connectivity index (χ3n) is 3.84. The Morgan fingerprint density at radius 2 is 1.67 bits per heavy atom. The number of carbonyl (C=O) groups is 1. The monoisotopic (exact) mass is 396 g/mol. The fourth-order valence-electron chi connectivity index (χ4n) is 2.32. The molecule has 0 N–H and O–H groups in total. The number of amides is 1. The first kappa shape index (κ1) is 20.5. The summed E-state index contributed by atoms with van der Waals surface area (Å²) < 4.78 is 51.7. The molecular weight excluding hydrogens is 375 g/mol. The molecule has 0 heterocycles. The number of hydrogen-bond acceptors (Lipinski definition) is 5. The van der Waals surface area contributed by atoms with Gasteiger partial charge in [-0.3, -0.25) is 9.10 Å². The molecule has 0 aliphatic rings. The van der Waals surface area contributed by atoms with Gasteiger partial charge < -0.3 is 14.4 Å². The van der Waals surface area contributed by atoms with Crippen LogP contribution in [-0.4, -0.2) is 54.1 Å². The van der Waals surface area contributed by atoms with Crippen LogP contribution in [0, 0.1) is 5.82 Å². The molecule has 0 unspecified atom stereocenters. The van der Waals surface area contributed by atoms with Crippen LogP contribution in [0.4, 0.5) is 10.1 Å². The molecule has 0 radical (unpaired) electrons. The van der Waals surface area contributed by atoms with Crippen molar-refractivity contribution >= 4 is 21.6 Å². The fourth-order valence-corrected chi connectivity index (χ4v) is 3.76. The molecule has 0 fully saturated rings. The topological polar surface area (TPSA) is 76.2 Å². The summed E-state index contributed by atoms with van der Waals surface area (Å²) in [6.07, 6.45) is 0. The minimum absolute atomic E-state index is 0.157. The number of para-hydroxylation sites is 1. The van der Waals surface area contributed by atoms with Gasteiger partial charge in [0.05, 0.1) is 24.8 Å². The largest absolute Gasteiger partial charge is 0.493 e. The zero-order valence-electron chi connectivity index (χ0n) is 15.5. The molecule has 146 valence electrons. The molecule has 0 aliphatic carbocycles. The van der Waals surface area contributed by atoms with Gasteiger partial charge in [-0.15, -0.1) is 0 Å². The second-order valence-corrected chi connectivity index (χ2v) is 7.63. The highest BCUT2D eigenvalue weighted by Gasteiger charge is 2.30. The molecule has 7 nitrogen and oxygen atoms in total. The number of nitrogens with zero attached hydrogens (tertiary/aromatic N) is 2. The van der Waals surface area contributed by atoms with Crippen molar-refractivity contribution in [3.05, 3.63) is 48.3 Å². The van der Waals surface area contributed by atoms with Crippen molar-refractivity contribution in [2.24, 2.45) is 0 Å². The van der Waals surface area contributed by atoms with E-state index >= 15 is 0 Å². The molecule has 0 spiro atoms. The predicted molar refractivity (Wildman–Crippen MR) is 99.2 cm³/mol. The molecule has 0 saturated heterocycles. The molecule has 0 aliphatic heterocycles. The number of methoxy groups -OCH3 is 2. The first-order valence-corrected chi connectivity index (χ1v) is 9.35. The zero-order chi connectivity index (χ0) is 20.2. The molecule has 0 aromatic heterocycles. The van der Waals surface area contributed by atoms with Crippen LogP contribution < -0.4 is 13.8 Å². The summed E-state index contributed by atoms with van der Waals surface area (Å²) in [5, 5.41) is 0. The van der Waals surface area contributed by atoms with E-state index in [-0.39, 0.29) is 16.3 Å².